The number of aromatic nitrogens is 2. The number of hydrogen-bond donors (Lipinski definition) is 1. The van der Waals surface area contributed by atoms with E-state index < -0.39 is 6.10 Å². The van der Waals surface area contributed by atoms with Crippen LogP contribution < -0.4 is 15.0 Å². The number of likely N-dealkylation sites (N-methyl/N-ethyl adjacent to an activating group) is 1. The third-order valence-corrected chi connectivity index (χ3v) is 6.06. The van der Waals surface area contributed by atoms with Gasteiger partial charge in [-0.1, -0.05) is 18.2 Å². The summed E-state index contributed by atoms with van der Waals surface area (Å²) < 4.78 is 5.83. The molecule has 172 valence electrons. The van der Waals surface area contributed by atoms with Crippen molar-refractivity contribution in [1.82, 2.24) is 15.1 Å². The molecule has 0 radical (unpaired) electrons. The van der Waals surface area contributed by atoms with Crippen LogP contribution in [-0.4, -0.2) is 60.3 Å². The predicted octanol–water partition coefficient (Wildman–Crippen LogP) is 3.92. The average molecular weight is 446 g/mol. The van der Waals surface area contributed by atoms with Crippen LogP contribution in [0.5, 0.6) is 5.75 Å². The van der Waals surface area contributed by atoms with Gasteiger partial charge < -0.3 is 19.9 Å². The van der Waals surface area contributed by atoms with E-state index in [1.54, 1.807) is 6.92 Å². The number of nitrogens with one attached hydrogen (secondary N) is 1. The SMILES string of the molecule is Cc1ccc(OC(C)C(=O)Nc2cccc(-c3ccc(N4CCN(C)CC4)nn3)c2)cc1C. The summed E-state index contributed by atoms with van der Waals surface area (Å²) >= 11 is 0. The number of piperazine rings is 1. The van der Waals surface area contributed by atoms with Crippen LogP contribution in [0.3, 0.4) is 0 Å². The molecule has 1 fully saturated rings. The van der Waals surface area contributed by atoms with Crippen LogP contribution in [0.25, 0.3) is 11.3 Å². The molecule has 1 N–H and O–H groups in total. The second-order valence-corrected chi connectivity index (χ2v) is 8.64. The van der Waals surface area contributed by atoms with Crippen LogP contribution in [-0.2, 0) is 4.79 Å². The molecule has 2 heterocycles. The second-order valence-electron chi connectivity index (χ2n) is 8.64. The van der Waals surface area contributed by atoms with Crippen molar-refractivity contribution in [1.29, 1.82) is 0 Å². The lowest BCUT2D eigenvalue weighted by atomic mass is 10.1. The van der Waals surface area contributed by atoms with Crippen LogP contribution >= 0.6 is 0 Å². The van der Waals surface area contributed by atoms with Crippen molar-refractivity contribution in [2.75, 3.05) is 43.4 Å². The predicted molar refractivity (Wildman–Crippen MR) is 132 cm³/mol. The Kier molecular flexibility index (Phi) is 6.89. The summed E-state index contributed by atoms with van der Waals surface area (Å²) in [5.74, 6) is 1.38. The van der Waals surface area contributed by atoms with Crippen molar-refractivity contribution in [3.8, 4) is 17.0 Å². The molecular weight excluding hydrogens is 414 g/mol. The van der Waals surface area contributed by atoms with Crippen molar-refractivity contribution in [2.45, 2.75) is 26.9 Å². The molecule has 7 heteroatoms. The molecule has 1 saturated heterocycles. The average Bonchev–Trinajstić information content (AvgIpc) is 2.82. The van der Waals surface area contributed by atoms with E-state index in [1.165, 1.54) is 5.56 Å². The van der Waals surface area contributed by atoms with Gasteiger partial charge in [0, 0.05) is 37.4 Å². The van der Waals surface area contributed by atoms with Crippen molar-refractivity contribution in [3.63, 3.8) is 0 Å². The molecule has 0 spiro atoms. The molecule has 2 aromatic carbocycles. The van der Waals surface area contributed by atoms with Gasteiger partial charge in [0.2, 0.25) is 0 Å². The van der Waals surface area contributed by atoms with E-state index >= 15 is 0 Å². The lowest BCUT2D eigenvalue weighted by Gasteiger charge is -2.32. The largest absolute Gasteiger partial charge is 0.481 e. The first-order chi connectivity index (χ1) is 15.9. The molecule has 33 heavy (non-hydrogen) atoms. The quantitative estimate of drug-likeness (QED) is 0.620. The van der Waals surface area contributed by atoms with Gasteiger partial charge in [-0.25, -0.2) is 0 Å². The highest BCUT2D eigenvalue weighted by Crippen LogP contribution is 2.23. The summed E-state index contributed by atoms with van der Waals surface area (Å²) in [4.78, 5) is 17.3. The molecule has 0 saturated carbocycles. The number of nitrogens with zero attached hydrogens (tertiary/aromatic N) is 4. The molecule has 0 aliphatic carbocycles. The molecule has 1 amide bonds. The van der Waals surface area contributed by atoms with Gasteiger partial charge >= 0.3 is 0 Å². The Hall–Kier alpha value is -3.45. The molecule has 1 atom stereocenters. The molecular formula is C26H31N5O2. The molecule has 1 aromatic heterocycles. The highest BCUT2D eigenvalue weighted by atomic mass is 16.5. The zero-order chi connectivity index (χ0) is 23.4. The Morgan fingerprint density at radius 3 is 2.45 bits per heavy atom. The van der Waals surface area contributed by atoms with Crippen LogP contribution in [0, 0.1) is 13.8 Å². The number of carbonyl (C=O) groups is 1. The highest BCUT2D eigenvalue weighted by molar-refractivity contribution is 5.94. The lowest BCUT2D eigenvalue weighted by molar-refractivity contribution is -0.122. The Morgan fingerprint density at radius 1 is 0.970 bits per heavy atom. The molecule has 0 bridgehead atoms. The molecule has 3 aromatic rings. The number of benzene rings is 2. The standard InChI is InChI=1S/C26H31N5O2/c1-18-8-9-23(16-19(18)2)33-20(3)26(32)27-22-7-5-6-21(17-22)24-10-11-25(29-28-24)31-14-12-30(4)13-15-31/h5-11,16-17,20H,12-15H2,1-4H3,(H,27,32). The second kappa shape index (κ2) is 10.0. The summed E-state index contributed by atoms with van der Waals surface area (Å²) in [7, 11) is 2.13. The summed E-state index contributed by atoms with van der Waals surface area (Å²) in [5.41, 5.74) is 4.68. The number of hydrogen-bond acceptors (Lipinski definition) is 6. The minimum atomic E-state index is -0.626. The molecule has 1 aliphatic rings. The Bertz CT molecular complexity index is 1110. The fourth-order valence-corrected chi connectivity index (χ4v) is 3.73. The smallest absolute Gasteiger partial charge is 0.265 e. The van der Waals surface area contributed by atoms with Gasteiger partial charge in [-0.15, -0.1) is 10.2 Å². The van der Waals surface area contributed by atoms with Crippen LogP contribution in [0.2, 0.25) is 0 Å². The third-order valence-electron chi connectivity index (χ3n) is 6.06. The van der Waals surface area contributed by atoms with Gasteiger partial charge in [-0.05, 0) is 75.3 Å². The van der Waals surface area contributed by atoms with Gasteiger partial charge in [0.05, 0.1) is 5.69 Å². The summed E-state index contributed by atoms with van der Waals surface area (Å²) in [6, 6.07) is 17.4. The zero-order valence-electron chi connectivity index (χ0n) is 19.7. The Balaban J connectivity index is 1.40. The van der Waals surface area contributed by atoms with E-state index in [2.05, 4.69) is 32.4 Å². The van der Waals surface area contributed by atoms with Crippen LogP contribution in [0.1, 0.15) is 18.1 Å². The minimum Gasteiger partial charge on any atom is -0.481 e. The minimum absolute atomic E-state index is 0.207. The normalized spacial score (nSPS) is 15.2. The maximum atomic E-state index is 12.7. The summed E-state index contributed by atoms with van der Waals surface area (Å²) in [6.07, 6.45) is -0.626. The first-order valence-corrected chi connectivity index (χ1v) is 11.3. The van der Waals surface area contributed by atoms with E-state index in [-0.39, 0.29) is 5.91 Å². The van der Waals surface area contributed by atoms with E-state index in [0.29, 0.717) is 11.4 Å². The van der Waals surface area contributed by atoms with Crippen molar-refractivity contribution in [2.24, 2.45) is 0 Å². The first kappa shape index (κ1) is 22.7. The maximum absolute atomic E-state index is 12.7. The van der Waals surface area contributed by atoms with E-state index in [9.17, 15) is 4.79 Å². The highest BCUT2D eigenvalue weighted by Gasteiger charge is 2.17. The zero-order valence-corrected chi connectivity index (χ0v) is 19.7. The van der Waals surface area contributed by atoms with Crippen LogP contribution in [0.4, 0.5) is 11.5 Å². The number of anilines is 2. The van der Waals surface area contributed by atoms with Crippen LogP contribution in [0.15, 0.2) is 54.6 Å². The van der Waals surface area contributed by atoms with Crippen molar-refractivity contribution < 1.29 is 9.53 Å². The number of ether oxygens (including phenoxy) is 1. The Morgan fingerprint density at radius 2 is 1.76 bits per heavy atom. The number of rotatable bonds is 6. The Labute approximate surface area is 195 Å². The lowest BCUT2D eigenvalue weighted by Crippen LogP contribution is -2.44. The van der Waals surface area contributed by atoms with E-state index in [0.717, 1.165) is 48.8 Å². The monoisotopic (exact) mass is 445 g/mol. The van der Waals surface area contributed by atoms with E-state index in [4.69, 9.17) is 4.74 Å². The first-order valence-electron chi connectivity index (χ1n) is 11.3. The molecule has 4 rings (SSSR count). The maximum Gasteiger partial charge on any atom is 0.265 e. The van der Waals surface area contributed by atoms with E-state index in [1.807, 2.05) is 68.4 Å². The number of aryl methyl sites for hydroxylation is 2. The van der Waals surface area contributed by atoms with Gasteiger partial charge in [-0.3, -0.25) is 4.79 Å². The fraction of sp³-hybridized carbons (Fsp3) is 0.346. The molecule has 1 unspecified atom stereocenters. The summed E-state index contributed by atoms with van der Waals surface area (Å²) in [6.45, 7) is 9.78. The molecule has 1 aliphatic heterocycles. The van der Waals surface area contributed by atoms with Gasteiger partial charge in [0.1, 0.15) is 5.75 Å². The number of carbonyl (C=O) groups excluding carboxylic acids is 1. The van der Waals surface area contributed by atoms with Crippen molar-refractivity contribution in [3.05, 3.63) is 65.7 Å². The number of amides is 1. The molecule has 7 nitrogen and oxygen atoms in total. The van der Waals surface area contributed by atoms with Gasteiger partial charge in [0.25, 0.3) is 5.91 Å². The van der Waals surface area contributed by atoms with Crippen molar-refractivity contribution >= 4 is 17.4 Å². The van der Waals surface area contributed by atoms with Gasteiger partial charge in [0.15, 0.2) is 11.9 Å². The van der Waals surface area contributed by atoms with Gasteiger partial charge in [-0.2, -0.15) is 0 Å². The summed E-state index contributed by atoms with van der Waals surface area (Å²) in [5, 5.41) is 11.8. The topological polar surface area (TPSA) is 70.6 Å². The third kappa shape index (κ3) is 5.68. The fourth-order valence-electron chi connectivity index (χ4n) is 3.73.